The van der Waals surface area contributed by atoms with Crippen LogP contribution in [0.4, 0.5) is 5.69 Å². The van der Waals surface area contributed by atoms with Crippen LogP contribution in [0, 0.1) is 22.7 Å². The number of nitrogens with zero attached hydrogens (tertiary/aromatic N) is 4. The van der Waals surface area contributed by atoms with Crippen molar-refractivity contribution in [3.8, 4) is 11.1 Å². The van der Waals surface area contributed by atoms with E-state index in [1.165, 1.54) is 0 Å². The van der Waals surface area contributed by atoms with Crippen LogP contribution in [-0.4, -0.2) is 63.5 Å². The summed E-state index contributed by atoms with van der Waals surface area (Å²) in [5.74, 6) is -0.477. The van der Waals surface area contributed by atoms with E-state index in [4.69, 9.17) is 0 Å². The maximum Gasteiger partial charge on any atom is 0.257 e. The van der Waals surface area contributed by atoms with Gasteiger partial charge in [-0.05, 0) is 40.7 Å². The van der Waals surface area contributed by atoms with Crippen molar-refractivity contribution in [1.29, 1.82) is 0 Å². The third kappa shape index (κ3) is 5.29. The number of nitrogens with one attached hydrogen (secondary N) is 1. The van der Waals surface area contributed by atoms with Crippen LogP contribution < -0.4 is 5.32 Å². The molecule has 1 saturated carbocycles. The SMILES string of the molecule is CC1(C)C[C@@H]1C(=O)N1CC2(CN(C(=O)c3cnn(Cc4ccccc4)c3)C[C@@H]2C(=O)Nc2ccc(-c3ccccc3)cc2)C1. The first kappa shape index (κ1) is 28.1. The second-order valence-corrected chi connectivity index (χ2v) is 13.4. The van der Waals surface area contributed by atoms with Gasteiger partial charge in [0.05, 0.1) is 24.2 Å². The first-order valence-corrected chi connectivity index (χ1v) is 15.3. The van der Waals surface area contributed by atoms with Crippen molar-refractivity contribution in [2.75, 3.05) is 31.5 Å². The molecule has 7 rings (SSSR count). The Morgan fingerprint density at radius 1 is 0.818 bits per heavy atom. The van der Waals surface area contributed by atoms with Crippen molar-refractivity contribution in [3.63, 3.8) is 0 Å². The van der Waals surface area contributed by atoms with Gasteiger partial charge in [-0.25, -0.2) is 0 Å². The molecule has 3 aromatic carbocycles. The summed E-state index contributed by atoms with van der Waals surface area (Å²) in [4.78, 5) is 44.4. The van der Waals surface area contributed by atoms with Gasteiger partial charge >= 0.3 is 0 Å². The third-order valence-electron chi connectivity index (χ3n) is 9.71. The highest BCUT2D eigenvalue weighted by molar-refractivity contribution is 5.97. The molecular weight excluding hydrogens is 550 g/mol. The van der Waals surface area contributed by atoms with Crippen LogP contribution >= 0.6 is 0 Å². The fourth-order valence-corrected chi connectivity index (χ4v) is 6.90. The van der Waals surface area contributed by atoms with Crippen LogP contribution in [-0.2, 0) is 16.1 Å². The number of likely N-dealkylation sites (tertiary alicyclic amines) is 2. The van der Waals surface area contributed by atoms with E-state index in [9.17, 15) is 14.4 Å². The minimum atomic E-state index is -0.474. The second-order valence-electron chi connectivity index (χ2n) is 13.4. The van der Waals surface area contributed by atoms with Gasteiger partial charge in [0.2, 0.25) is 11.8 Å². The first-order valence-electron chi connectivity index (χ1n) is 15.3. The molecule has 224 valence electrons. The van der Waals surface area contributed by atoms with Crippen molar-refractivity contribution in [2.45, 2.75) is 26.8 Å². The zero-order valence-corrected chi connectivity index (χ0v) is 25.1. The van der Waals surface area contributed by atoms with Crippen LogP contribution in [0.1, 0.15) is 36.2 Å². The summed E-state index contributed by atoms with van der Waals surface area (Å²) in [6, 6.07) is 27.9. The maximum atomic E-state index is 13.8. The summed E-state index contributed by atoms with van der Waals surface area (Å²) in [5.41, 5.74) is 4.06. The van der Waals surface area contributed by atoms with E-state index in [0.717, 1.165) is 23.1 Å². The molecule has 1 spiro atoms. The van der Waals surface area contributed by atoms with Gasteiger partial charge in [0.25, 0.3) is 5.91 Å². The van der Waals surface area contributed by atoms with Gasteiger partial charge in [0, 0.05) is 49.4 Å². The molecular formula is C36H37N5O3. The lowest BCUT2D eigenvalue weighted by Crippen LogP contribution is -2.64. The summed E-state index contributed by atoms with van der Waals surface area (Å²) in [6.07, 6.45) is 4.27. The fraction of sp³-hybridized carbons (Fsp3) is 0.333. The lowest BCUT2D eigenvalue weighted by molar-refractivity contribution is -0.150. The Morgan fingerprint density at radius 2 is 1.43 bits per heavy atom. The number of amides is 3. The minimum Gasteiger partial charge on any atom is -0.341 e. The third-order valence-corrected chi connectivity index (χ3v) is 9.71. The number of hydrogen-bond acceptors (Lipinski definition) is 4. The smallest absolute Gasteiger partial charge is 0.257 e. The minimum absolute atomic E-state index is 0.0418. The van der Waals surface area contributed by atoms with Gasteiger partial charge in [0.1, 0.15) is 0 Å². The lowest BCUT2D eigenvalue weighted by Gasteiger charge is -2.50. The Bertz CT molecular complexity index is 1690. The molecule has 2 atom stereocenters. The van der Waals surface area contributed by atoms with Crippen molar-refractivity contribution in [3.05, 3.63) is 108 Å². The average molecular weight is 588 g/mol. The highest BCUT2D eigenvalue weighted by Gasteiger charge is 2.61. The van der Waals surface area contributed by atoms with Crippen molar-refractivity contribution in [2.24, 2.45) is 22.7 Å². The van der Waals surface area contributed by atoms with E-state index in [2.05, 4.69) is 36.4 Å². The molecule has 3 amide bonds. The number of rotatable bonds is 7. The highest BCUT2D eigenvalue weighted by atomic mass is 16.2. The number of anilines is 1. The van der Waals surface area contributed by atoms with Crippen LogP contribution in [0.15, 0.2) is 97.3 Å². The van der Waals surface area contributed by atoms with Crippen molar-refractivity contribution >= 4 is 23.4 Å². The van der Waals surface area contributed by atoms with Gasteiger partial charge in [-0.2, -0.15) is 5.10 Å². The van der Waals surface area contributed by atoms with Gasteiger partial charge < -0.3 is 15.1 Å². The van der Waals surface area contributed by atoms with Crippen LogP contribution in [0.3, 0.4) is 0 Å². The van der Waals surface area contributed by atoms with Crippen LogP contribution in [0.2, 0.25) is 0 Å². The van der Waals surface area contributed by atoms with Gasteiger partial charge in [-0.1, -0.05) is 86.6 Å². The zero-order chi connectivity index (χ0) is 30.5. The topological polar surface area (TPSA) is 87.5 Å². The second kappa shape index (κ2) is 10.8. The Hall–Kier alpha value is -4.72. The largest absolute Gasteiger partial charge is 0.341 e. The first-order chi connectivity index (χ1) is 21.2. The van der Waals surface area contributed by atoms with E-state index in [1.807, 2.05) is 77.7 Å². The Morgan fingerprint density at radius 3 is 2.09 bits per heavy atom. The molecule has 1 N–H and O–H groups in total. The Kier molecular flexibility index (Phi) is 6.87. The normalized spacial score (nSPS) is 21.1. The monoisotopic (exact) mass is 587 g/mol. The molecule has 0 unspecified atom stereocenters. The van der Waals surface area contributed by atoms with E-state index >= 15 is 0 Å². The molecule has 3 fully saturated rings. The summed E-state index contributed by atoms with van der Waals surface area (Å²) in [7, 11) is 0. The van der Waals surface area contributed by atoms with E-state index in [1.54, 1.807) is 22.0 Å². The van der Waals surface area contributed by atoms with Crippen molar-refractivity contribution < 1.29 is 14.4 Å². The molecule has 2 aliphatic heterocycles. The lowest BCUT2D eigenvalue weighted by atomic mass is 9.71. The molecule has 3 heterocycles. The molecule has 8 heteroatoms. The molecule has 2 saturated heterocycles. The molecule has 4 aromatic rings. The molecule has 1 aromatic heterocycles. The van der Waals surface area contributed by atoms with E-state index < -0.39 is 11.3 Å². The summed E-state index contributed by atoms with van der Waals surface area (Å²) < 4.78 is 1.76. The number of carbonyl (C=O) groups is 3. The number of aromatic nitrogens is 2. The summed E-state index contributed by atoms with van der Waals surface area (Å²) >= 11 is 0. The Balaban J connectivity index is 1.07. The van der Waals surface area contributed by atoms with Gasteiger partial charge in [0.15, 0.2) is 0 Å². The Labute approximate surface area is 257 Å². The predicted octanol–water partition coefficient (Wildman–Crippen LogP) is 5.18. The maximum absolute atomic E-state index is 13.8. The standard InChI is InChI=1S/C36H37N5O3/c1-35(2)17-30(35)34(44)40-23-36(24-40)22-39(33(43)28-18-37-41(20-28)19-25-9-5-3-6-10-25)21-31(36)32(42)38-29-15-13-27(14-16-29)26-11-7-4-8-12-26/h3-16,18,20,30-31H,17,19,21-24H2,1-2H3,(H,38,42)/t30-,31-/m1/s1. The van der Waals surface area contributed by atoms with Gasteiger partial charge in [-0.15, -0.1) is 0 Å². The molecule has 1 aliphatic carbocycles. The predicted molar refractivity (Wildman–Crippen MR) is 169 cm³/mol. The van der Waals surface area contributed by atoms with Crippen molar-refractivity contribution in [1.82, 2.24) is 19.6 Å². The van der Waals surface area contributed by atoms with Crippen LogP contribution in [0.25, 0.3) is 11.1 Å². The van der Waals surface area contributed by atoms with Gasteiger partial charge in [-0.3, -0.25) is 19.1 Å². The number of carbonyl (C=O) groups excluding carboxylic acids is 3. The van der Waals surface area contributed by atoms with E-state index in [0.29, 0.717) is 44.0 Å². The highest BCUT2D eigenvalue weighted by Crippen LogP contribution is 2.54. The number of benzene rings is 3. The molecule has 3 aliphatic rings. The molecule has 44 heavy (non-hydrogen) atoms. The molecule has 8 nitrogen and oxygen atoms in total. The molecule has 0 radical (unpaired) electrons. The average Bonchev–Trinajstić information content (AvgIpc) is 3.33. The molecule has 0 bridgehead atoms. The van der Waals surface area contributed by atoms with Crippen LogP contribution in [0.5, 0.6) is 0 Å². The zero-order valence-electron chi connectivity index (χ0n) is 25.1. The summed E-state index contributed by atoms with van der Waals surface area (Å²) in [5, 5.41) is 7.54. The fourth-order valence-electron chi connectivity index (χ4n) is 6.90. The summed E-state index contributed by atoms with van der Waals surface area (Å²) in [6.45, 7) is 6.52. The van der Waals surface area contributed by atoms with E-state index in [-0.39, 0.29) is 29.1 Å². The number of hydrogen-bond donors (Lipinski definition) is 1. The quantitative estimate of drug-likeness (QED) is 0.323.